The summed E-state index contributed by atoms with van der Waals surface area (Å²) < 4.78 is 30.2. The molecule has 9 nitrogen and oxygen atoms in total. The number of carbonyl (C=O) groups excluding carboxylic acids is 2. The first-order valence-electron chi connectivity index (χ1n) is 27.4. The van der Waals surface area contributed by atoms with Crippen LogP contribution in [0.2, 0.25) is 0 Å². The number of likely N-dealkylation sites (N-methyl/N-ethyl adjacent to an activating group) is 1. The molecule has 68 heavy (non-hydrogen) atoms. The van der Waals surface area contributed by atoms with E-state index in [1.165, 1.54) is 64.2 Å². The molecule has 10 heteroatoms. The zero-order valence-electron chi connectivity index (χ0n) is 44.5. The molecule has 0 radical (unpaired) electrons. The Bertz CT molecular complexity index is 1440. The molecule has 392 valence electrons. The number of nitrogens with zero attached hydrogens (tertiary/aromatic N) is 1. The quantitative estimate of drug-likeness (QED) is 0.0161. The number of phosphoric acid groups is 1. The van der Waals surface area contributed by atoms with E-state index in [1.54, 1.807) is 0 Å². The molecule has 0 aliphatic rings. The number of hydrogen-bond acceptors (Lipinski definition) is 7. The molecule has 0 bridgehead atoms. The van der Waals surface area contributed by atoms with Gasteiger partial charge < -0.3 is 28.5 Å². The van der Waals surface area contributed by atoms with Gasteiger partial charge in [-0.05, 0) is 83.1 Å². The molecule has 0 heterocycles. The number of amides is 1. The maximum absolute atomic E-state index is 13.5. The summed E-state index contributed by atoms with van der Waals surface area (Å²) in [6, 6.07) is -0.903. The second-order valence-corrected chi connectivity index (χ2v) is 20.8. The van der Waals surface area contributed by atoms with Crippen LogP contribution < -0.4 is 10.2 Å². The monoisotopic (exact) mass is 971 g/mol. The zero-order chi connectivity index (χ0) is 50.1. The summed E-state index contributed by atoms with van der Waals surface area (Å²) in [4.78, 5) is 39.8. The fourth-order valence-electron chi connectivity index (χ4n) is 7.42. The van der Waals surface area contributed by atoms with Crippen molar-refractivity contribution in [3.05, 3.63) is 85.1 Å². The highest BCUT2D eigenvalue weighted by Crippen LogP contribution is 2.38. The van der Waals surface area contributed by atoms with Crippen molar-refractivity contribution in [1.82, 2.24) is 5.32 Å². The molecular weight excluding hydrogens is 868 g/mol. The van der Waals surface area contributed by atoms with Gasteiger partial charge >= 0.3 is 5.97 Å². The van der Waals surface area contributed by atoms with E-state index in [9.17, 15) is 19.0 Å². The second kappa shape index (κ2) is 47.8. The molecule has 0 fully saturated rings. The number of hydrogen-bond donors (Lipinski definition) is 1. The molecule has 1 amide bonds. The van der Waals surface area contributed by atoms with Gasteiger partial charge in [-0.3, -0.25) is 14.2 Å². The average molecular weight is 971 g/mol. The first-order chi connectivity index (χ1) is 32.9. The lowest BCUT2D eigenvalue weighted by atomic mass is 10.1. The normalized spacial score (nSPS) is 14.5. The molecule has 0 aromatic carbocycles. The molecular formula is C58H103N2O7P. The summed E-state index contributed by atoms with van der Waals surface area (Å²) in [6.07, 6.45) is 61.2. The van der Waals surface area contributed by atoms with Crippen molar-refractivity contribution < 1.29 is 37.3 Å². The van der Waals surface area contributed by atoms with Crippen molar-refractivity contribution in [3.63, 3.8) is 0 Å². The smallest absolute Gasteiger partial charge is 0.306 e. The minimum Gasteiger partial charge on any atom is -0.756 e. The molecule has 0 spiro atoms. The van der Waals surface area contributed by atoms with Crippen molar-refractivity contribution >= 4 is 19.7 Å². The predicted molar refractivity (Wildman–Crippen MR) is 288 cm³/mol. The molecule has 3 atom stereocenters. The standard InChI is InChI=1S/C58H103N2O7P/c1-7-10-13-16-19-22-25-27-29-31-32-35-38-41-44-47-50-57(61)59-55(54-66-68(63,64)65-53-52-60(4,5)6)56(49-46-43-40-37-34-24-21-18-15-12-9-3)67-58(62)51-48-45-42-39-36-33-30-28-26-23-20-17-14-11-8-2/h10-11,13-14,17,19-20,22-23,26-27,29,46,49,55-56H,7-9,12,15-16,18,21,24-25,28,30-45,47-48,50-54H2,1-6H3,(H-,59,61,63,64)/b13-10+,14-11+,20-17+,22-19+,26-23+,29-27+,49-46+. The fourth-order valence-corrected chi connectivity index (χ4v) is 8.14. The number of rotatable bonds is 48. The van der Waals surface area contributed by atoms with Crippen LogP contribution in [0.5, 0.6) is 0 Å². The van der Waals surface area contributed by atoms with E-state index in [4.69, 9.17) is 13.8 Å². The molecule has 1 N–H and O–H groups in total. The van der Waals surface area contributed by atoms with Gasteiger partial charge in [-0.15, -0.1) is 0 Å². The number of quaternary nitrogens is 1. The predicted octanol–water partition coefficient (Wildman–Crippen LogP) is 15.6. The number of ether oxygens (including phenoxy) is 1. The number of carbonyl (C=O) groups is 2. The van der Waals surface area contributed by atoms with Gasteiger partial charge in [0.05, 0.1) is 33.8 Å². The van der Waals surface area contributed by atoms with Gasteiger partial charge in [0.2, 0.25) is 5.91 Å². The number of phosphoric ester groups is 1. The van der Waals surface area contributed by atoms with Gasteiger partial charge in [-0.2, -0.15) is 0 Å². The highest BCUT2D eigenvalue weighted by Gasteiger charge is 2.27. The Morgan fingerprint density at radius 1 is 0.544 bits per heavy atom. The second-order valence-electron chi connectivity index (χ2n) is 19.4. The van der Waals surface area contributed by atoms with Gasteiger partial charge in [0.1, 0.15) is 19.3 Å². The van der Waals surface area contributed by atoms with Crippen LogP contribution in [-0.2, 0) is 27.9 Å². The summed E-state index contributed by atoms with van der Waals surface area (Å²) in [5.41, 5.74) is 0. The van der Waals surface area contributed by atoms with Gasteiger partial charge in [-0.25, -0.2) is 0 Å². The first kappa shape index (κ1) is 65.2. The first-order valence-corrected chi connectivity index (χ1v) is 28.9. The molecule has 0 aromatic rings. The van der Waals surface area contributed by atoms with Crippen LogP contribution in [0.3, 0.4) is 0 Å². The lowest BCUT2D eigenvalue weighted by Crippen LogP contribution is -2.47. The third kappa shape index (κ3) is 48.2. The molecule has 0 aliphatic heterocycles. The van der Waals surface area contributed by atoms with E-state index in [0.717, 1.165) is 116 Å². The largest absolute Gasteiger partial charge is 0.756 e. The van der Waals surface area contributed by atoms with Gasteiger partial charge in [0, 0.05) is 12.8 Å². The Balaban J connectivity index is 5.40. The summed E-state index contributed by atoms with van der Waals surface area (Å²) >= 11 is 0. The number of allylic oxidation sites excluding steroid dienone is 13. The summed E-state index contributed by atoms with van der Waals surface area (Å²) in [5, 5.41) is 3.00. The molecule has 0 aromatic heterocycles. The highest BCUT2D eigenvalue weighted by molar-refractivity contribution is 7.45. The van der Waals surface area contributed by atoms with Crippen LogP contribution in [0.15, 0.2) is 85.1 Å². The lowest BCUT2D eigenvalue weighted by Gasteiger charge is -2.30. The molecule has 0 aliphatic carbocycles. The van der Waals surface area contributed by atoms with Crippen molar-refractivity contribution in [2.45, 2.75) is 232 Å². The maximum atomic E-state index is 13.5. The van der Waals surface area contributed by atoms with Crippen LogP contribution in [0.25, 0.3) is 0 Å². The van der Waals surface area contributed by atoms with Gasteiger partial charge in [0.25, 0.3) is 7.82 Å². The van der Waals surface area contributed by atoms with Crippen molar-refractivity contribution in [3.8, 4) is 0 Å². The summed E-state index contributed by atoms with van der Waals surface area (Å²) in [6.45, 7) is 6.56. The molecule has 0 saturated heterocycles. The van der Waals surface area contributed by atoms with E-state index < -0.39 is 26.6 Å². The SMILES string of the molecule is CC/C=C/C=C/C=C/CCCCCCCCCC(=O)OC(/C=C/CCCCCCCCCCC)C(COP(=O)([O-])OCC[N+](C)(C)C)NC(=O)CCCCCCCC/C=C/C/C=C/C/C=C/CC. The van der Waals surface area contributed by atoms with Gasteiger partial charge in [-0.1, -0.05) is 209 Å². The van der Waals surface area contributed by atoms with Crippen molar-refractivity contribution in [2.24, 2.45) is 0 Å². The van der Waals surface area contributed by atoms with E-state index >= 15 is 0 Å². The van der Waals surface area contributed by atoms with Crippen LogP contribution in [-0.4, -0.2) is 69.4 Å². The average Bonchev–Trinajstić information content (AvgIpc) is 3.29. The van der Waals surface area contributed by atoms with Crippen LogP contribution >= 0.6 is 7.82 Å². The van der Waals surface area contributed by atoms with Crippen LogP contribution in [0.1, 0.15) is 220 Å². The molecule has 0 saturated carbocycles. The van der Waals surface area contributed by atoms with Crippen LogP contribution in [0.4, 0.5) is 0 Å². The minimum absolute atomic E-state index is 0.0311. The van der Waals surface area contributed by atoms with Gasteiger partial charge in [0.15, 0.2) is 0 Å². The zero-order valence-corrected chi connectivity index (χ0v) is 45.4. The van der Waals surface area contributed by atoms with Crippen molar-refractivity contribution in [2.75, 3.05) is 40.9 Å². The third-order valence-electron chi connectivity index (χ3n) is 11.6. The van der Waals surface area contributed by atoms with E-state index in [0.29, 0.717) is 23.9 Å². The topological polar surface area (TPSA) is 114 Å². The summed E-state index contributed by atoms with van der Waals surface area (Å²) in [5.74, 6) is -0.577. The third-order valence-corrected chi connectivity index (χ3v) is 12.6. The Hall–Kier alpha value is -2.81. The number of nitrogens with one attached hydrogen (secondary N) is 1. The Labute approximate surface area is 418 Å². The lowest BCUT2D eigenvalue weighted by molar-refractivity contribution is -0.870. The van der Waals surface area contributed by atoms with E-state index in [2.05, 4.69) is 99.0 Å². The summed E-state index contributed by atoms with van der Waals surface area (Å²) in [7, 11) is 1.15. The van der Waals surface area contributed by atoms with Crippen LogP contribution in [0, 0.1) is 0 Å². The minimum atomic E-state index is -4.70. The molecule has 3 unspecified atom stereocenters. The Morgan fingerprint density at radius 3 is 1.57 bits per heavy atom. The number of unbranched alkanes of at least 4 members (excludes halogenated alkanes) is 22. The maximum Gasteiger partial charge on any atom is 0.306 e. The highest BCUT2D eigenvalue weighted by atomic mass is 31.2. The van der Waals surface area contributed by atoms with E-state index in [1.807, 2.05) is 33.3 Å². The Kier molecular flexibility index (Phi) is 45.9. The Morgan fingerprint density at radius 2 is 1.01 bits per heavy atom. The fraction of sp³-hybridized carbons (Fsp3) is 0.724. The van der Waals surface area contributed by atoms with Crippen molar-refractivity contribution in [1.29, 1.82) is 0 Å². The van der Waals surface area contributed by atoms with E-state index in [-0.39, 0.29) is 24.9 Å². The molecule has 0 rings (SSSR count). The number of esters is 1.